The molecule has 0 rings (SSSR count). The average molecular weight is 285 g/mol. The van der Waals surface area contributed by atoms with Crippen LogP contribution in [-0.4, -0.2) is 29.1 Å². The van der Waals surface area contributed by atoms with E-state index in [9.17, 15) is 0 Å². The molecule has 0 aromatic carbocycles. The number of unbranched alkanes of at least 4 members (excludes halogenated alkanes) is 10. The fraction of sp³-hybridized carbons (Fsp3) is 1.00. The van der Waals surface area contributed by atoms with Gasteiger partial charge < -0.3 is 0 Å². The van der Waals surface area contributed by atoms with E-state index in [1.807, 2.05) is 0 Å². The minimum atomic E-state index is -0.210. The Hall–Kier alpha value is 0.452. The second-order valence-electron chi connectivity index (χ2n) is 5.37. The first-order valence-electron chi connectivity index (χ1n) is 8.46. The first-order chi connectivity index (χ1) is 9.41. The van der Waals surface area contributed by atoms with Crippen molar-refractivity contribution in [1.82, 2.24) is 0 Å². The van der Waals surface area contributed by atoms with Crippen LogP contribution in [0.1, 0.15) is 90.9 Å². The molecular weight excluding hydrogens is 251 g/mol. The van der Waals surface area contributed by atoms with Gasteiger partial charge >= 0.3 is 128 Å². The van der Waals surface area contributed by atoms with Crippen LogP contribution in [0.15, 0.2) is 0 Å². The normalized spacial score (nSPS) is 10.6. The Morgan fingerprint density at radius 1 is 0.526 bits per heavy atom. The Morgan fingerprint density at radius 3 is 1.32 bits per heavy atom. The Bertz CT molecular complexity index is 138. The molecule has 0 N–H and O–H groups in total. The summed E-state index contributed by atoms with van der Waals surface area (Å²) in [5.41, 5.74) is 0. The predicted octanol–water partition coefficient (Wildman–Crippen LogP) is 5.27. The second-order valence-corrected chi connectivity index (χ2v) is 6.23. The van der Waals surface area contributed by atoms with E-state index in [4.69, 9.17) is 7.58 Å². The van der Waals surface area contributed by atoms with Crippen LogP contribution >= 0.6 is 0 Å². The maximum atomic E-state index is 5.55. The summed E-state index contributed by atoms with van der Waals surface area (Å²) in [5.74, 6) is 0. The maximum absolute atomic E-state index is 5.55. The molecule has 19 heavy (non-hydrogen) atoms. The van der Waals surface area contributed by atoms with Crippen LogP contribution in [0, 0.1) is 0 Å². The Morgan fingerprint density at radius 2 is 0.895 bits per heavy atom. The van der Waals surface area contributed by atoms with Crippen LogP contribution in [0.3, 0.4) is 0 Å². The fourth-order valence-corrected chi connectivity index (χ4v) is 2.70. The van der Waals surface area contributed by atoms with Gasteiger partial charge in [-0.05, 0) is 0 Å². The van der Waals surface area contributed by atoms with E-state index in [0.717, 1.165) is 13.2 Å². The zero-order valence-electron chi connectivity index (χ0n) is 13.3. The van der Waals surface area contributed by atoms with Crippen molar-refractivity contribution in [2.45, 2.75) is 90.9 Å². The fourth-order valence-electron chi connectivity index (χ4n) is 2.08. The summed E-state index contributed by atoms with van der Waals surface area (Å²) in [5, 5.41) is 0. The minimum absolute atomic E-state index is 0.210. The Balaban J connectivity index is 2.88. The van der Waals surface area contributed by atoms with Crippen molar-refractivity contribution in [3.63, 3.8) is 0 Å². The van der Waals surface area contributed by atoms with Crippen LogP contribution in [0.4, 0.5) is 0 Å². The molecule has 0 heterocycles. The third-order valence-corrected chi connectivity index (χ3v) is 4.11. The van der Waals surface area contributed by atoms with Gasteiger partial charge in [0.05, 0.1) is 0 Å². The summed E-state index contributed by atoms with van der Waals surface area (Å²) < 4.78 is 11.1. The van der Waals surface area contributed by atoms with Gasteiger partial charge in [0.15, 0.2) is 0 Å². The monoisotopic (exact) mass is 285 g/mol. The molecule has 0 aromatic rings. The molecule has 0 amide bonds. The van der Waals surface area contributed by atoms with Gasteiger partial charge in [0.2, 0.25) is 0 Å². The molecule has 0 aliphatic heterocycles. The average Bonchev–Trinajstić information content (AvgIpc) is 2.43. The molecule has 2 nitrogen and oxygen atoms in total. The van der Waals surface area contributed by atoms with E-state index >= 15 is 0 Å². The predicted molar refractivity (Wildman–Crippen MR) is 84.4 cm³/mol. The SMILES string of the molecule is CCCCCCCC[O][Al+][O]CCCCCCCC. The zero-order valence-corrected chi connectivity index (χ0v) is 14.4. The number of rotatable bonds is 16. The van der Waals surface area contributed by atoms with E-state index < -0.39 is 0 Å². The van der Waals surface area contributed by atoms with Gasteiger partial charge in [0.1, 0.15) is 0 Å². The summed E-state index contributed by atoms with van der Waals surface area (Å²) in [4.78, 5) is 0. The van der Waals surface area contributed by atoms with Crippen molar-refractivity contribution in [2.24, 2.45) is 0 Å². The van der Waals surface area contributed by atoms with E-state index in [2.05, 4.69) is 13.8 Å². The van der Waals surface area contributed by atoms with Crippen LogP contribution < -0.4 is 0 Å². The van der Waals surface area contributed by atoms with Crippen molar-refractivity contribution >= 4 is 15.9 Å². The van der Waals surface area contributed by atoms with Crippen molar-refractivity contribution < 1.29 is 7.58 Å². The van der Waals surface area contributed by atoms with Gasteiger partial charge in [-0.25, -0.2) is 0 Å². The van der Waals surface area contributed by atoms with Gasteiger partial charge in [-0.15, -0.1) is 0 Å². The standard InChI is InChI=1S/2C8H17O.Al/c2*1-2-3-4-5-6-7-8-9;/h2*2-8H2,1H3;/q2*-1;+3. The molecule has 0 atom stereocenters. The first kappa shape index (κ1) is 19.5. The van der Waals surface area contributed by atoms with E-state index in [1.165, 1.54) is 77.0 Å². The second kappa shape index (κ2) is 18.5. The third kappa shape index (κ3) is 18.5. The first-order valence-corrected chi connectivity index (χ1v) is 9.41. The molecule has 0 aliphatic rings. The summed E-state index contributed by atoms with van der Waals surface area (Å²) in [6.45, 7) is 6.32. The topological polar surface area (TPSA) is 18.5 Å². The number of hydrogen-bond donors (Lipinski definition) is 0. The molecule has 0 fully saturated rings. The van der Waals surface area contributed by atoms with E-state index in [1.54, 1.807) is 0 Å². The van der Waals surface area contributed by atoms with Gasteiger partial charge in [-0.3, -0.25) is 0 Å². The van der Waals surface area contributed by atoms with Crippen molar-refractivity contribution in [1.29, 1.82) is 0 Å². The summed E-state index contributed by atoms with van der Waals surface area (Å²) in [7, 11) is 0. The third-order valence-electron chi connectivity index (χ3n) is 3.37. The molecule has 112 valence electrons. The van der Waals surface area contributed by atoms with Crippen molar-refractivity contribution in [3.05, 3.63) is 0 Å². The quantitative estimate of drug-likeness (QED) is 0.284. The molecule has 0 radical (unpaired) electrons. The van der Waals surface area contributed by atoms with Gasteiger partial charge in [-0.1, -0.05) is 0 Å². The summed E-state index contributed by atoms with van der Waals surface area (Å²) >= 11 is -0.210. The molecule has 0 unspecified atom stereocenters. The molecule has 0 saturated carbocycles. The van der Waals surface area contributed by atoms with Crippen molar-refractivity contribution in [2.75, 3.05) is 13.2 Å². The molecule has 0 saturated heterocycles. The van der Waals surface area contributed by atoms with Gasteiger partial charge in [-0.2, -0.15) is 0 Å². The Kier molecular flexibility index (Phi) is 18.9. The van der Waals surface area contributed by atoms with Gasteiger partial charge in [0.25, 0.3) is 0 Å². The molecular formula is C16H34AlO2+. The zero-order chi connectivity index (χ0) is 14.0. The molecule has 0 aliphatic carbocycles. The van der Waals surface area contributed by atoms with E-state index in [0.29, 0.717) is 0 Å². The van der Waals surface area contributed by atoms with Crippen LogP contribution in [0.5, 0.6) is 0 Å². The summed E-state index contributed by atoms with van der Waals surface area (Å²) in [6, 6.07) is 0. The summed E-state index contributed by atoms with van der Waals surface area (Å²) in [6.07, 6.45) is 16.0. The van der Waals surface area contributed by atoms with Gasteiger partial charge in [0, 0.05) is 0 Å². The molecule has 0 aromatic heterocycles. The van der Waals surface area contributed by atoms with E-state index in [-0.39, 0.29) is 15.9 Å². The van der Waals surface area contributed by atoms with Crippen LogP contribution in [-0.2, 0) is 7.58 Å². The molecule has 0 spiro atoms. The van der Waals surface area contributed by atoms with Crippen LogP contribution in [0.25, 0.3) is 0 Å². The number of hydrogen-bond acceptors (Lipinski definition) is 2. The Labute approximate surface area is 128 Å². The van der Waals surface area contributed by atoms with Crippen molar-refractivity contribution in [3.8, 4) is 0 Å². The molecule has 0 bridgehead atoms. The van der Waals surface area contributed by atoms with Crippen LogP contribution in [0.2, 0.25) is 0 Å². The molecule has 3 heteroatoms.